The minimum Gasteiger partial charge on any atom is -0.496 e. The predicted octanol–water partition coefficient (Wildman–Crippen LogP) is 0.623. The van der Waals surface area contributed by atoms with Gasteiger partial charge in [0.05, 0.1) is 20.0 Å². The van der Waals surface area contributed by atoms with Gasteiger partial charge in [-0.05, 0) is 12.1 Å². The van der Waals surface area contributed by atoms with Crippen LogP contribution in [0.1, 0.15) is 16.6 Å². The van der Waals surface area contributed by atoms with Gasteiger partial charge in [-0.3, -0.25) is 0 Å². The molecule has 1 aliphatic rings. The fourth-order valence-corrected chi connectivity index (χ4v) is 3.35. The van der Waals surface area contributed by atoms with Crippen LogP contribution < -0.4 is 9.47 Å². The van der Waals surface area contributed by atoms with Crippen molar-refractivity contribution >= 4 is 9.84 Å². The summed E-state index contributed by atoms with van der Waals surface area (Å²) in [5, 5.41) is 9.72. The van der Waals surface area contributed by atoms with E-state index in [2.05, 4.69) is 0 Å². The molecule has 1 aromatic rings. The summed E-state index contributed by atoms with van der Waals surface area (Å²) in [7, 11) is -0.666. The highest BCUT2D eigenvalue weighted by atomic mass is 32.2. The Balaban J connectivity index is 2.70. The van der Waals surface area contributed by atoms with Crippen LogP contribution in [-0.4, -0.2) is 27.7 Å². The van der Waals surface area contributed by atoms with Crippen molar-refractivity contribution in [3.8, 4) is 11.5 Å². The molecule has 88 valence electrons. The number of methoxy groups -OCH3 is 2. The summed E-state index contributed by atoms with van der Waals surface area (Å²) in [4.78, 5) is 0. The second kappa shape index (κ2) is 3.64. The zero-order valence-corrected chi connectivity index (χ0v) is 9.74. The first-order chi connectivity index (χ1) is 7.51. The first kappa shape index (κ1) is 11.2. The van der Waals surface area contributed by atoms with Crippen LogP contribution in [0.2, 0.25) is 0 Å². The molecule has 0 saturated heterocycles. The molecule has 0 fully saturated rings. The maximum atomic E-state index is 11.6. The van der Waals surface area contributed by atoms with Gasteiger partial charge in [0, 0.05) is 11.1 Å². The van der Waals surface area contributed by atoms with E-state index in [4.69, 9.17) is 9.47 Å². The molecule has 2 rings (SSSR count). The van der Waals surface area contributed by atoms with Crippen LogP contribution in [0.15, 0.2) is 12.1 Å². The van der Waals surface area contributed by atoms with E-state index in [9.17, 15) is 13.5 Å². The third kappa shape index (κ3) is 1.45. The third-order valence-electron chi connectivity index (χ3n) is 2.65. The van der Waals surface area contributed by atoms with Gasteiger partial charge >= 0.3 is 0 Å². The van der Waals surface area contributed by atoms with Crippen molar-refractivity contribution in [3.05, 3.63) is 23.3 Å². The Morgan fingerprint density at radius 3 is 2.38 bits per heavy atom. The molecule has 1 aromatic carbocycles. The maximum Gasteiger partial charge on any atom is 0.185 e. The van der Waals surface area contributed by atoms with E-state index in [-0.39, 0.29) is 5.75 Å². The summed E-state index contributed by atoms with van der Waals surface area (Å²) < 4.78 is 33.3. The number of hydrogen-bond acceptors (Lipinski definition) is 5. The van der Waals surface area contributed by atoms with Gasteiger partial charge in [-0.15, -0.1) is 0 Å². The number of aliphatic hydroxyl groups excluding tert-OH is 1. The molecule has 0 aromatic heterocycles. The topological polar surface area (TPSA) is 72.8 Å². The zero-order chi connectivity index (χ0) is 11.9. The molecule has 16 heavy (non-hydrogen) atoms. The van der Waals surface area contributed by atoms with E-state index in [1.54, 1.807) is 12.1 Å². The quantitative estimate of drug-likeness (QED) is 0.825. The van der Waals surface area contributed by atoms with E-state index in [1.807, 2.05) is 0 Å². The Morgan fingerprint density at radius 1 is 1.25 bits per heavy atom. The molecule has 1 heterocycles. The second-order valence-corrected chi connectivity index (χ2v) is 5.58. The molecule has 1 atom stereocenters. The third-order valence-corrected chi connectivity index (χ3v) is 4.25. The van der Waals surface area contributed by atoms with Crippen LogP contribution in [0.4, 0.5) is 0 Å². The molecule has 1 aliphatic heterocycles. The molecular weight excluding hydrogens is 232 g/mol. The number of ether oxygens (including phenoxy) is 2. The van der Waals surface area contributed by atoms with Gasteiger partial charge in [-0.2, -0.15) is 0 Å². The number of rotatable bonds is 2. The van der Waals surface area contributed by atoms with Crippen LogP contribution in [-0.2, 0) is 15.6 Å². The number of sulfone groups is 1. The highest BCUT2D eigenvalue weighted by Crippen LogP contribution is 2.44. The molecule has 5 nitrogen and oxygen atoms in total. The van der Waals surface area contributed by atoms with Crippen LogP contribution in [0.3, 0.4) is 0 Å². The predicted molar refractivity (Wildman–Crippen MR) is 57.1 cm³/mol. The van der Waals surface area contributed by atoms with Crippen LogP contribution in [0.25, 0.3) is 0 Å². The Hall–Kier alpha value is -1.27. The molecule has 0 radical (unpaired) electrons. The lowest BCUT2D eigenvalue weighted by Gasteiger charge is -2.11. The normalized spacial score (nSPS) is 21.6. The Bertz CT molecular complexity index is 520. The van der Waals surface area contributed by atoms with Crippen molar-refractivity contribution < 1.29 is 23.0 Å². The van der Waals surface area contributed by atoms with Crippen molar-refractivity contribution in [2.75, 3.05) is 14.2 Å². The summed E-state index contributed by atoms with van der Waals surface area (Å²) in [6.07, 6.45) is 0. The molecule has 0 bridgehead atoms. The lowest BCUT2D eigenvalue weighted by atomic mass is 10.1. The standard InChI is InChI=1S/C10H12O5S/c1-14-7-3-4-8(15-2)9-6(7)5-16(12,13)10(9)11/h3-4,10-11H,5H2,1-2H3. The summed E-state index contributed by atoms with van der Waals surface area (Å²) >= 11 is 0. The van der Waals surface area contributed by atoms with Gasteiger partial charge in [0.1, 0.15) is 11.5 Å². The van der Waals surface area contributed by atoms with Crippen molar-refractivity contribution in [2.45, 2.75) is 11.2 Å². The van der Waals surface area contributed by atoms with E-state index in [0.717, 1.165) is 0 Å². The Morgan fingerprint density at radius 2 is 1.81 bits per heavy atom. The molecule has 6 heteroatoms. The minimum atomic E-state index is -3.55. The molecule has 1 N–H and O–H groups in total. The Kier molecular flexibility index (Phi) is 2.55. The molecule has 0 spiro atoms. The Labute approximate surface area is 93.5 Å². The van der Waals surface area contributed by atoms with Crippen molar-refractivity contribution in [1.82, 2.24) is 0 Å². The van der Waals surface area contributed by atoms with Crippen molar-refractivity contribution in [2.24, 2.45) is 0 Å². The minimum absolute atomic E-state index is 0.218. The fraction of sp³-hybridized carbons (Fsp3) is 0.400. The SMILES string of the molecule is COc1ccc(OC)c2c1CS(=O)(=O)C2O. The summed E-state index contributed by atoms with van der Waals surface area (Å²) in [5.74, 6) is 0.601. The highest BCUT2D eigenvalue weighted by molar-refractivity contribution is 7.91. The number of fused-ring (bicyclic) bond motifs is 1. The summed E-state index contributed by atoms with van der Waals surface area (Å²) in [6.45, 7) is 0. The lowest BCUT2D eigenvalue weighted by Crippen LogP contribution is -2.06. The van der Waals surface area contributed by atoms with Gasteiger partial charge in [0.25, 0.3) is 0 Å². The molecule has 0 saturated carbocycles. The molecule has 0 aliphatic carbocycles. The van der Waals surface area contributed by atoms with E-state index in [0.29, 0.717) is 22.6 Å². The van der Waals surface area contributed by atoms with Crippen LogP contribution >= 0.6 is 0 Å². The van der Waals surface area contributed by atoms with E-state index < -0.39 is 15.3 Å². The van der Waals surface area contributed by atoms with Gasteiger partial charge in [-0.1, -0.05) is 0 Å². The summed E-state index contributed by atoms with van der Waals surface area (Å²) in [6, 6.07) is 3.22. The van der Waals surface area contributed by atoms with Crippen molar-refractivity contribution in [3.63, 3.8) is 0 Å². The monoisotopic (exact) mass is 244 g/mol. The van der Waals surface area contributed by atoms with Gasteiger partial charge in [-0.25, -0.2) is 8.42 Å². The maximum absolute atomic E-state index is 11.6. The van der Waals surface area contributed by atoms with Crippen LogP contribution in [0, 0.1) is 0 Å². The average Bonchev–Trinajstić information content (AvgIpc) is 2.49. The average molecular weight is 244 g/mol. The molecule has 0 amide bonds. The van der Waals surface area contributed by atoms with E-state index in [1.165, 1.54) is 14.2 Å². The first-order valence-corrected chi connectivity index (χ1v) is 6.36. The van der Waals surface area contributed by atoms with Gasteiger partial charge < -0.3 is 14.6 Å². The lowest BCUT2D eigenvalue weighted by molar-refractivity contribution is 0.251. The fourth-order valence-electron chi connectivity index (χ4n) is 1.87. The van der Waals surface area contributed by atoms with Gasteiger partial charge in [0.15, 0.2) is 15.3 Å². The highest BCUT2D eigenvalue weighted by Gasteiger charge is 2.39. The smallest absolute Gasteiger partial charge is 0.185 e. The van der Waals surface area contributed by atoms with Crippen molar-refractivity contribution in [1.29, 1.82) is 0 Å². The van der Waals surface area contributed by atoms with Gasteiger partial charge in [0.2, 0.25) is 0 Å². The molecular formula is C10H12O5S. The number of benzene rings is 1. The second-order valence-electron chi connectivity index (χ2n) is 3.52. The number of aliphatic hydroxyl groups is 1. The molecule has 1 unspecified atom stereocenters. The largest absolute Gasteiger partial charge is 0.496 e. The van der Waals surface area contributed by atoms with Crippen LogP contribution in [0.5, 0.6) is 11.5 Å². The summed E-state index contributed by atoms with van der Waals surface area (Å²) in [5.41, 5.74) is -0.747. The first-order valence-electron chi connectivity index (χ1n) is 4.64. The zero-order valence-electron chi connectivity index (χ0n) is 8.93. The number of hydrogen-bond donors (Lipinski definition) is 1. The van der Waals surface area contributed by atoms with E-state index >= 15 is 0 Å².